The first-order valence-corrected chi connectivity index (χ1v) is 2.97. The smallest absolute Gasteiger partial charge is 0.151 e. The lowest BCUT2D eigenvalue weighted by Crippen LogP contribution is -2.19. The van der Waals surface area contributed by atoms with Crippen LogP contribution < -0.4 is 5.32 Å². The number of carbonyl (C=O) groups is 1. The minimum Gasteiger partial charge on any atom is -0.375 e. The molecular formula is C5H9NOS. The molecule has 8 heavy (non-hydrogen) atoms. The summed E-state index contributed by atoms with van der Waals surface area (Å²) in [6, 6.07) is 0. The van der Waals surface area contributed by atoms with E-state index in [1.54, 1.807) is 0 Å². The molecule has 0 saturated heterocycles. The highest BCUT2D eigenvalue weighted by molar-refractivity contribution is 7.78. The quantitative estimate of drug-likeness (QED) is 0.564. The minimum atomic E-state index is 0.186. The molecule has 0 aromatic heterocycles. The second-order valence-corrected chi connectivity index (χ2v) is 1.63. The molecule has 0 aromatic rings. The van der Waals surface area contributed by atoms with Crippen molar-refractivity contribution in [2.24, 2.45) is 0 Å². The summed E-state index contributed by atoms with van der Waals surface area (Å²) < 4.78 is 0. The van der Waals surface area contributed by atoms with Gasteiger partial charge in [-0.2, -0.15) is 0 Å². The zero-order valence-electron chi connectivity index (χ0n) is 4.81. The van der Waals surface area contributed by atoms with Gasteiger partial charge < -0.3 is 5.32 Å². The molecule has 0 heterocycles. The van der Waals surface area contributed by atoms with Gasteiger partial charge >= 0.3 is 0 Å². The Hall–Kier alpha value is -0.440. The first kappa shape index (κ1) is 7.56. The van der Waals surface area contributed by atoms with Crippen LogP contribution in [0.25, 0.3) is 0 Å². The van der Waals surface area contributed by atoms with Crippen LogP contribution >= 0.6 is 12.2 Å². The van der Waals surface area contributed by atoms with Gasteiger partial charge in [0.2, 0.25) is 0 Å². The highest BCUT2D eigenvalue weighted by Gasteiger charge is 1.91. The Kier molecular flexibility index (Phi) is 4.45. The molecule has 0 amide bonds. The van der Waals surface area contributed by atoms with E-state index in [0.29, 0.717) is 13.0 Å². The average Bonchev–Trinajstić information content (AvgIpc) is 1.83. The Morgan fingerprint density at radius 3 is 2.88 bits per heavy atom. The summed E-state index contributed by atoms with van der Waals surface area (Å²) in [4.78, 5) is 10.4. The monoisotopic (exact) mass is 131 g/mol. The SMILES string of the molecule is CCC(=O)CNC=S. The summed E-state index contributed by atoms with van der Waals surface area (Å²) in [5, 5.41) is 2.64. The van der Waals surface area contributed by atoms with Gasteiger partial charge in [0.1, 0.15) is 0 Å². The summed E-state index contributed by atoms with van der Waals surface area (Å²) in [6.07, 6.45) is 0.580. The predicted molar refractivity (Wildman–Crippen MR) is 37.0 cm³/mol. The van der Waals surface area contributed by atoms with Crippen LogP contribution in [0.5, 0.6) is 0 Å². The van der Waals surface area contributed by atoms with Gasteiger partial charge in [0.15, 0.2) is 5.78 Å². The summed E-state index contributed by atoms with van der Waals surface area (Å²) >= 11 is 4.43. The van der Waals surface area contributed by atoms with Crippen LogP contribution in [0.4, 0.5) is 0 Å². The maximum Gasteiger partial charge on any atom is 0.151 e. The van der Waals surface area contributed by atoms with Crippen molar-refractivity contribution < 1.29 is 4.79 Å². The summed E-state index contributed by atoms with van der Waals surface area (Å²) in [5.41, 5.74) is 1.35. The Morgan fingerprint density at radius 1 is 1.88 bits per heavy atom. The molecule has 46 valence electrons. The third-order valence-corrected chi connectivity index (χ3v) is 0.944. The van der Waals surface area contributed by atoms with E-state index in [9.17, 15) is 4.79 Å². The Labute approximate surface area is 54.3 Å². The fraction of sp³-hybridized carbons (Fsp3) is 0.600. The molecule has 0 aliphatic rings. The van der Waals surface area contributed by atoms with E-state index in [4.69, 9.17) is 0 Å². The third-order valence-electron chi connectivity index (χ3n) is 0.777. The predicted octanol–water partition coefficient (Wildman–Crippen LogP) is 0.512. The molecule has 0 fully saturated rings. The maximum atomic E-state index is 10.4. The largest absolute Gasteiger partial charge is 0.375 e. The van der Waals surface area contributed by atoms with Crippen LogP contribution in [0, 0.1) is 0 Å². The molecule has 2 nitrogen and oxygen atoms in total. The topological polar surface area (TPSA) is 29.1 Å². The number of hydrogen-bond donors (Lipinski definition) is 1. The van der Waals surface area contributed by atoms with E-state index in [1.165, 1.54) is 5.49 Å². The average molecular weight is 131 g/mol. The number of ketones is 1. The summed E-state index contributed by atoms with van der Waals surface area (Å²) in [7, 11) is 0. The van der Waals surface area contributed by atoms with Gasteiger partial charge in [0.25, 0.3) is 0 Å². The van der Waals surface area contributed by atoms with Gasteiger partial charge in [-0.3, -0.25) is 4.79 Å². The van der Waals surface area contributed by atoms with Crippen LogP contribution in [0.2, 0.25) is 0 Å². The lowest BCUT2D eigenvalue weighted by atomic mass is 10.3. The van der Waals surface area contributed by atoms with Crippen molar-refractivity contribution in [1.82, 2.24) is 5.32 Å². The number of Topliss-reactive ketones (excluding diaryl/α,β-unsaturated/α-hetero) is 1. The van der Waals surface area contributed by atoms with Gasteiger partial charge in [0, 0.05) is 6.42 Å². The molecule has 0 bridgehead atoms. The van der Waals surface area contributed by atoms with Crippen molar-refractivity contribution in [3.05, 3.63) is 0 Å². The van der Waals surface area contributed by atoms with Crippen molar-refractivity contribution in [2.75, 3.05) is 6.54 Å². The number of rotatable bonds is 4. The van der Waals surface area contributed by atoms with E-state index in [0.717, 1.165) is 0 Å². The highest BCUT2D eigenvalue weighted by Crippen LogP contribution is 1.74. The lowest BCUT2D eigenvalue weighted by Gasteiger charge is -1.92. The van der Waals surface area contributed by atoms with Gasteiger partial charge in [0.05, 0.1) is 12.0 Å². The summed E-state index contributed by atoms with van der Waals surface area (Å²) in [5.74, 6) is 0.186. The Morgan fingerprint density at radius 2 is 2.50 bits per heavy atom. The van der Waals surface area contributed by atoms with Crippen molar-refractivity contribution >= 4 is 23.5 Å². The first-order valence-electron chi connectivity index (χ1n) is 2.50. The van der Waals surface area contributed by atoms with E-state index >= 15 is 0 Å². The van der Waals surface area contributed by atoms with Crippen LogP contribution in [0.1, 0.15) is 13.3 Å². The molecule has 0 aromatic carbocycles. The van der Waals surface area contributed by atoms with Gasteiger partial charge in [-0.05, 0) is 0 Å². The number of thiocarbonyl (C=S) groups is 1. The van der Waals surface area contributed by atoms with E-state index in [-0.39, 0.29) is 5.78 Å². The molecule has 0 saturated carbocycles. The number of carbonyl (C=O) groups excluding carboxylic acids is 1. The zero-order valence-corrected chi connectivity index (χ0v) is 5.62. The van der Waals surface area contributed by atoms with Crippen LogP contribution in [-0.2, 0) is 4.79 Å². The molecule has 0 radical (unpaired) electrons. The highest BCUT2D eigenvalue weighted by atomic mass is 32.1. The van der Waals surface area contributed by atoms with Crippen molar-refractivity contribution in [3.63, 3.8) is 0 Å². The normalized spacial score (nSPS) is 8.12. The molecule has 0 atom stereocenters. The van der Waals surface area contributed by atoms with Crippen LogP contribution in [0.15, 0.2) is 0 Å². The number of nitrogens with one attached hydrogen (secondary N) is 1. The molecule has 0 rings (SSSR count). The second-order valence-electron chi connectivity index (χ2n) is 1.39. The standard InChI is InChI=1S/C5H9NOS/c1-2-5(7)3-6-4-8/h4H,2-3H2,1H3,(H,6,8). The zero-order chi connectivity index (χ0) is 6.41. The third kappa shape index (κ3) is 3.74. The van der Waals surface area contributed by atoms with Crippen LogP contribution in [0.3, 0.4) is 0 Å². The van der Waals surface area contributed by atoms with E-state index in [1.807, 2.05) is 6.92 Å². The maximum absolute atomic E-state index is 10.4. The fourth-order valence-electron chi connectivity index (χ4n) is 0.281. The molecule has 0 aliphatic heterocycles. The molecule has 3 heteroatoms. The molecule has 0 spiro atoms. The fourth-order valence-corrected chi connectivity index (χ4v) is 0.364. The van der Waals surface area contributed by atoms with Crippen LogP contribution in [-0.4, -0.2) is 17.8 Å². The molecule has 0 unspecified atom stereocenters. The second kappa shape index (κ2) is 4.71. The molecule has 0 aliphatic carbocycles. The van der Waals surface area contributed by atoms with Gasteiger partial charge in [-0.1, -0.05) is 19.1 Å². The Balaban J connectivity index is 3.11. The molecule has 1 N–H and O–H groups in total. The molecular weight excluding hydrogens is 122 g/mol. The van der Waals surface area contributed by atoms with E-state index in [2.05, 4.69) is 17.5 Å². The van der Waals surface area contributed by atoms with Crippen molar-refractivity contribution in [2.45, 2.75) is 13.3 Å². The van der Waals surface area contributed by atoms with E-state index < -0.39 is 0 Å². The first-order chi connectivity index (χ1) is 3.81. The van der Waals surface area contributed by atoms with Crippen molar-refractivity contribution in [3.8, 4) is 0 Å². The van der Waals surface area contributed by atoms with Gasteiger partial charge in [-0.25, -0.2) is 0 Å². The number of hydrogen-bond acceptors (Lipinski definition) is 2. The minimum absolute atomic E-state index is 0.186. The van der Waals surface area contributed by atoms with Gasteiger partial charge in [-0.15, -0.1) is 0 Å². The lowest BCUT2D eigenvalue weighted by molar-refractivity contribution is -0.117. The summed E-state index contributed by atoms with van der Waals surface area (Å²) in [6.45, 7) is 2.20. The van der Waals surface area contributed by atoms with Crippen molar-refractivity contribution in [1.29, 1.82) is 0 Å². The Bertz CT molecular complexity index is 92.4.